The Morgan fingerprint density at radius 3 is 1.89 bits per heavy atom. The Kier molecular flexibility index (Phi) is 13.5. The summed E-state index contributed by atoms with van der Waals surface area (Å²) >= 11 is 0. The number of esters is 2. The summed E-state index contributed by atoms with van der Waals surface area (Å²) in [6.45, 7) is 7.82. The summed E-state index contributed by atoms with van der Waals surface area (Å²) < 4.78 is 28.0. The molecule has 0 bridgehead atoms. The van der Waals surface area contributed by atoms with E-state index < -0.39 is 36.1 Å². The second kappa shape index (κ2) is 18.7. The monoisotopic (exact) mass is 767 g/mol. The average Bonchev–Trinajstić information content (AvgIpc) is 3.85. The maximum Gasteiger partial charge on any atom is 0.349 e. The Bertz CT molecular complexity index is 1890. The highest BCUT2D eigenvalue weighted by Gasteiger charge is 2.47. The number of aliphatic carboxylic acids is 2. The molecule has 4 aromatic carbocycles. The van der Waals surface area contributed by atoms with E-state index >= 15 is 0 Å². The Morgan fingerprint density at radius 1 is 0.750 bits per heavy atom. The topological polar surface area (TPSA) is 158 Å². The molecule has 7 rings (SSSR count). The number of nitrogens with zero attached hydrogens (tertiary/aromatic N) is 1. The lowest BCUT2D eigenvalue weighted by Crippen LogP contribution is -2.47. The highest BCUT2D eigenvalue weighted by molar-refractivity contribution is 5.95. The van der Waals surface area contributed by atoms with E-state index in [0.717, 1.165) is 56.9 Å². The zero-order valence-corrected chi connectivity index (χ0v) is 31.8. The van der Waals surface area contributed by atoms with Gasteiger partial charge in [-0.3, -0.25) is 4.90 Å². The molecule has 0 radical (unpaired) electrons. The van der Waals surface area contributed by atoms with Crippen molar-refractivity contribution in [1.29, 1.82) is 0 Å². The number of ether oxygens (including phenoxy) is 5. The SMILES string of the molecule is Cc1ccc(C(=O)O[C@H](C(=O)O)[C@H](OC(=O)c2ccc(C)cc2)C(=O)O)cc1.c1ccc2c(CCO[C@@H]3CCCC[C@H]3N3CCC4(C3)OCCO4)cccc2c1. The predicted molar refractivity (Wildman–Crippen MR) is 207 cm³/mol. The Morgan fingerprint density at radius 2 is 1.30 bits per heavy atom. The van der Waals surface area contributed by atoms with Crippen LogP contribution in [0.15, 0.2) is 91.0 Å². The fourth-order valence-electron chi connectivity index (χ4n) is 7.55. The number of fused-ring (bicyclic) bond motifs is 1. The smallest absolute Gasteiger partial charge is 0.349 e. The first-order chi connectivity index (χ1) is 27.0. The molecule has 0 unspecified atom stereocenters. The number of carbonyl (C=O) groups is 4. The molecule has 1 spiro atoms. The summed E-state index contributed by atoms with van der Waals surface area (Å²) in [5.74, 6) is -5.95. The van der Waals surface area contributed by atoms with E-state index in [1.807, 2.05) is 0 Å². The molecule has 2 saturated heterocycles. The van der Waals surface area contributed by atoms with Crippen molar-refractivity contribution in [1.82, 2.24) is 4.90 Å². The molecule has 296 valence electrons. The normalized spacial score (nSPS) is 20.1. The summed E-state index contributed by atoms with van der Waals surface area (Å²) in [5, 5.41) is 21.3. The van der Waals surface area contributed by atoms with Gasteiger partial charge in [-0.05, 0) is 73.7 Å². The van der Waals surface area contributed by atoms with Crippen molar-refractivity contribution in [3.8, 4) is 0 Å². The van der Waals surface area contributed by atoms with Crippen molar-refractivity contribution >= 4 is 34.6 Å². The molecule has 4 aromatic rings. The molecule has 2 heterocycles. The lowest BCUT2D eigenvalue weighted by atomic mass is 9.91. The van der Waals surface area contributed by atoms with Gasteiger partial charge >= 0.3 is 23.9 Å². The van der Waals surface area contributed by atoms with E-state index in [-0.39, 0.29) is 16.9 Å². The van der Waals surface area contributed by atoms with Gasteiger partial charge in [0.15, 0.2) is 5.79 Å². The minimum Gasteiger partial charge on any atom is -0.478 e. The zero-order chi connectivity index (χ0) is 39.7. The van der Waals surface area contributed by atoms with Gasteiger partial charge in [0, 0.05) is 19.0 Å². The molecule has 2 N–H and O–H groups in total. The molecule has 0 aromatic heterocycles. The quantitative estimate of drug-likeness (QED) is 0.154. The summed E-state index contributed by atoms with van der Waals surface area (Å²) in [5.41, 5.74) is 3.18. The molecular formula is C44H49NO11. The van der Waals surface area contributed by atoms with Crippen molar-refractivity contribution in [2.45, 2.75) is 82.5 Å². The number of carboxylic acids is 2. The number of hydrogen-bond donors (Lipinski definition) is 2. The number of rotatable bonds is 12. The van der Waals surface area contributed by atoms with E-state index in [1.54, 1.807) is 38.1 Å². The van der Waals surface area contributed by atoms with Crippen molar-refractivity contribution < 1.29 is 53.1 Å². The highest BCUT2D eigenvalue weighted by atomic mass is 16.7. The van der Waals surface area contributed by atoms with Crippen molar-refractivity contribution in [2.24, 2.45) is 0 Å². The van der Waals surface area contributed by atoms with Crippen molar-refractivity contribution in [3.05, 3.63) is 119 Å². The number of likely N-dealkylation sites (tertiary alicyclic amines) is 1. The third-order valence-corrected chi connectivity index (χ3v) is 10.6. The van der Waals surface area contributed by atoms with E-state index in [0.29, 0.717) is 12.1 Å². The zero-order valence-electron chi connectivity index (χ0n) is 31.8. The van der Waals surface area contributed by atoms with Crippen LogP contribution >= 0.6 is 0 Å². The second-order valence-electron chi connectivity index (χ2n) is 14.5. The lowest BCUT2D eigenvalue weighted by Gasteiger charge is -2.38. The third-order valence-electron chi connectivity index (χ3n) is 10.6. The lowest BCUT2D eigenvalue weighted by molar-refractivity contribution is -0.166. The number of carbonyl (C=O) groups excluding carboxylic acids is 2. The second-order valence-corrected chi connectivity index (χ2v) is 14.5. The van der Waals surface area contributed by atoms with Crippen LogP contribution in [-0.2, 0) is 39.7 Å². The van der Waals surface area contributed by atoms with Crippen LogP contribution in [0.4, 0.5) is 0 Å². The third kappa shape index (κ3) is 10.2. The average molecular weight is 768 g/mol. The number of hydrogen-bond acceptors (Lipinski definition) is 10. The standard InChI is InChI=1S/C24H31NO3.C20H18O8/c1-2-9-21-19(6-1)7-5-8-20(21)12-15-26-23-11-4-3-10-22(23)25-14-13-24(18-25)27-16-17-28-24;1-11-3-7-13(8-4-11)19(25)27-15(17(21)22)16(18(23)24)28-20(26)14-9-5-12(2)6-10-14/h1-2,5-9,22-23H,3-4,10-18H2;3-10,15-16H,1-2H3,(H,21,22)(H,23,24)/t22-,23-;15-,16-/m10/s1. The summed E-state index contributed by atoms with van der Waals surface area (Å²) in [6, 6.07) is 27.8. The minimum absolute atomic E-state index is 0.0332. The maximum absolute atomic E-state index is 12.2. The molecule has 12 heteroatoms. The minimum atomic E-state index is -2.22. The molecule has 0 amide bonds. The molecular weight excluding hydrogens is 718 g/mol. The van der Waals surface area contributed by atoms with Gasteiger partial charge in [0.25, 0.3) is 0 Å². The molecule has 1 aliphatic carbocycles. The fraction of sp³-hybridized carbons (Fsp3) is 0.409. The van der Waals surface area contributed by atoms with Gasteiger partial charge in [0.05, 0.1) is 43.6 Å². The number of carboxylic acid groups (broad SMARTS) is 2. The van der Waals surface area contributed by atoms with Gasteiger partial charge in [0.1, 0.15) is 0 Å². The molecule has 3 aliphatic rings. The first kappa shape index (κ1) is 40.5. The fourth-order valence-corrected chi connectivity index (χ4v) is 7.55. The van der Waals surface area contributed by atoms with Crippen LogP contribution in [0.2, 0.25) is 0 Å². The van der Waals surface area contributed by atoms with Gasteiger partial charge in [-0.25, -0.2) is 19.2 Å². The highest BCUT2D eigenvalue weighted by Crippen LogP contribution is 2.36. The molecule has 4 atom stereocenters. The first-order valence-corrected chi connectivity index (χ1v) is 19.1. The van der Waals surface area contributed by atoms with Crippen LogP contribution < -0.4 is 0 Å². The van der Waals surface area contributed by atoms with Crippen LogP contribution in [-0.4, -0.2) is 102 Å². The van der Waals surface area contributed by atoms with Gasteiger partial charge in [-0.15, -0.1) is 0 Å². The Hall–Kier alpha value is -5.14. The molecule has 1 saturated carbocycles. The van der Waals surface area contributed by atoms with Crippen molar-refractivity contribution in [3.63, 3.8) is 0 Å². The van der Waals surface area contributed by atoms with Crippen LogP contribution in [0, 0.1) is 13.8 Å². The van der Waals surface area contributed by atoms with Crippen LogP contribution in [0.25, 0.3) is 10.8 Å². The summed E-state index contributed by atoms with van der Waals surface area (Å²) in [7, 11) is 0. The number of benzene rings is 4. The summed E-state index contributed by atoms with van der Waals surface area (Å²) in [4.78, 5) is 49.9. The molecule has 2 aliphatic heterocycles. The van der Waals surface area contributed by atoms with Gasteiger partial charge in [-0.1, -0.05) is 90.7 Å². The first-order valence-electron chi connectivity index (χ1n) is 19.1. The molecule has 3 fully saturated rings. The number of aryl methyl sites for hydroxylation is 2. The van der Waals surface area contributed by atoms with Crippen molar-refractivity contribution in [2.75, 3.05) is 32.9 Å². The Labute approximate surface area is 326 Å². The largest absolute Gasteiger partial charge is 0.478 e. The van der Waals surface area contributed by atoms with Crippen LogP contribution in [0.3, 0.4) is 0 Å². The van der Waals surface area contributed by atoms with E-state index in [4.69, 9.17) is 23.7 Å². The predicted octanol–water partition coefficient (Wildman–Crippen LogP) is 6.38. The van der Waals surface area contributed by atoms with E-state index in [9.17, 15) is 29.4 Å². The molecule has 56 heavy (non-hydrogen) atoms. The van der Waals surface area contributed by atoms with Gasteiger partial charge in [0.2, 0.25) is 12.2 Å². The summed E-state index contributed by atoms with van der Waals surface area (Å²) in [6.07, 6.45) is 2.84. The van der Waals surface area contributed by atoms with E-state index in [2.05, 4.69) is 47.4 Å². The Balaban J connectivity index is 0.000000190. The maximum atomic E-state index is 12.2. The van der Waals surface area contributed by atoms with Crippen LogP contribution in [0.1, 0.15) is 69.5 Å². The van der Waals surface area contributed by atoms with Gasteiger partial charge in [-0.2, -0.15) is 0 Å². The molecule has 12 nitrogen and oxygen atoms in total. The van der Waals surface area contributed by atoms with Gasteiger partial charge < -0.3 is 33.9 Å². The van der Waals surface area contributed by atoms with Crippen LogP contribution in [0.5, 0.6) is 0 Å². The van der Waals surface area contributed by atoms with E-state index in [1.165, 1.54) is 66.3 Å².